The summed E-state index contributed by atoms with van der Waals surface area (Å²) in [6, 6.07) is 1.31. The second-order valence-corrected chi connectivity index (χ2v) is 9.18. The Morgan fingerprint density at radius 1 is 1.04 bits per heavy atom. The summed E-state index contributed by atoms with van der Waals surface area (Å²) in [7, 11) is 0. The summed E-state index contributed by atoms with van der Waals surface area (Å²) in [5.41, 5.74) is 1.35. The molecule has 4 heteroatoms. The number of Topliss-reactive ketones (excluding diaryl/α,β-unsaturated/α-hetero) is 1. The topological polar surface area (TPSA) is 38.1 Å². The van der Waals surface area contributed by atoms with E-state index in [-0.39, 0.29) is 5.92 Å². The normalized spacial score (nSPS) is 25.9. The summed E-state index contributed by atoms with van der Waals surface area (Å²) in [4.78, 5) is 14.7. The maximum atomic E-state index is 12.0. The quantitative estimate of drug-likeness (QED) is 0.731. The van der Waals surface area contributed by atoms with Gasteiger partial charge in [0.05, 0.1) is 12.2 Å². The minimum atomic E-state index is 0.199. The predicted octanol–water partition coefficient (Wildman–Crippen LogP) is 4.82. The van der Waals surface area contributed by atoms with Crippen LogP contribution in [-0.4, -0.2) is 39.6 Å². The maximum absolute atomic E-state index is 12.0. The van der Waals surface area contributed by atoms with Crippen molar-refractivity contribution >= 4 is 5.78 Å². The number of ketones is 1. The third-order valence-corrected chi connectivity index (χ3v) is 6.63. The van der Waals surface area contributed by atoms with Gasteiger partial charge in [0.2, 0.25) is 0 Å². The van der Waals surface area contributed by atoms with Gasteiger partial charge in [-0.1, -0.05) is 27.7 Å². The van der Waals surface area contributed by atoms with Crippen molar-refractivity contribution in [3.05, 3.63) is 18.0 Å². The average molecular weight is 360 g/mol. The van der Waals surface area contributed by atoms with Gasteiger partial charge in [-0.25, -0.2) is 0 Å². The molecule has 1 aromatic rings. The molecule has 1 saturated heterocycles. The molecule has 0 spiro atoms. The first-order valence-electron chi connectivity index (χ1n) is 10.7. The molecular weight excluding hydrogens is 322 g/mol. The fourth-order valence-electron chi connectivity index (χ4n) is 4.60. The fraction of sp³-hybridized carbons (Fsp3) is 0.818. The fourth-order valence-corrected chi connectivity index (χ4v) is 4.60. The van der Waals surface area contributed by atoms with Gasteiger partial charge in [-0.2, -0.15) is 5.10 Å². The molecule has 0 unspecified atom stereocenters. The molecule has 2 fully saturated rings. The lowest BCUT2D eigenvalue weighted by molar-refractivity contribution is -0.123. The number of piperidine rings is 1. The molecule has 1 aliphatic heterocycles. The van der Waals surface area contributed by atoms with E-state index in [1.807, 2.05) is 20.0 Å². The van der Waals surface area contributed by atoms with E-state index in [4.69, 9.17) is 0 Å². The Bertz CT molecular complexity index is 576. The van der Waals surface area contributed by atoms with Crippen molar-refractivity contribution in [2.75, 3.05) is 13.1 Å². The number of hydrogen-bond donors (Lipinski definition) is 0. The van der Waals surface area contributed by atoms with Crippen molar-refractivity contribution in [3.8, 4) is 0 Å². The largest absolute Gasteiger partial charge is 0.300 e. The Hall–Kier alpha value is -1.16. The number of carbonyl (C=O) groups is 1. The van der Waals surface area contributed by atoms with Crippen LogP contribution in [-0.2, 0) is 4.79 Å². The van der Waals surface area contributed by atoms with Gasteiger partial charge in [0.25, 0.3) is 0 Å². The van der Waals surface area contributed by atoms with E-state index in [0.717, 1.165) is 12.5 Å². The first-order valence-corrected chi connectivity index (χ1v) is 10.7. The van der Waals surface area contributed by atoms with E-state index in [2.05, 4.69) is 34.7 Å². The molecule has 1 saturated carbocycles. The molecule has 0 N–H and O–H groups in total. The van der Waals surface area contributed by atoms with Gasteiger partial charge in [0.1, 0.15) is 5.78 Å². The minimum Gasteiger partial charge on any atom is -0.300 e. The maximum Gasteiger partial charge on any atom is 0.135 e. The summed E-state index contributed by atoms with van der Waals surface area (Å²) in [5, 5.41) is 4.62. The van der Waals surface area contributed by atoms with Crippen molar-refractivity contribution in [1.82, 2.24) is 14.7 Å². The molecule has 3 rings (SSSR count). The summed E-state index contributed by atoms with van der Waals surface area (Å²) in [6.07, 6.45) is 12.6. The SMILES string of the molecule is CC(C)C(=O)C[C@H]1CC[C@H](N2CCC(n3cc(C(C)C)cn3)CC2)CC1. The number of likely N-dealkylation sites (tertiary alicyclic amines) is 1. The molecule has 4 nitrogen and oxygen atoms in total. The summed E-state index contributed by atoms with van der Waals surface area (Å²) < 4.78 is 2.21. The summed E-state index contributed by atoms with van der Waals surface area (Å²) in [5.74, 6) is 1.85. The number of hydrogen-bond acceptors (Lipinski definition) is 3. The van der Waals surface area contributed by atoms with E-state index < -0.39 is 0 Å². The molecule has 0 radical (unpaired) electrons. The summed E-state index contributed by atoms with van der Waals surface area (Å²) in [6.45, 7) is 10.9. The second-order valence-electron chi connectivity index (χ2n) is 9.18. The molecule has 0 amide bonds. The van der Waals surface area contributed by atoms with Crippen molar-refractivity contribution in [2.24, 2.45) is 11.8 Å². The number of nitrogens with zero attached hydrogens (tertiary/aromatic N) is 3. The molecule has 0 bridgehead atoms. The Morgan fingerprint density at radius 2 is 1.69 bits per heavy atom. The smallest absolute Gasteiger partial charge is 0.135 e. The van der Waals surface area contributed by atoms with E-state index in [1.54, 1.807) is 0 Å². The monoisotopic (exact) mass is 359 g/mol. The summed E-state index contributed by atoms with van der Waals surface area (Å²) >= 11 is 0. The van der Waals surface area contributed by atoms with Crippen LogP contribution in [0.3, 0.4) is 0 Å². The second kappa shape index (κ2) is 8.69. The highest BCUT2D eigenvalue weighted by molar-refractivity contribution is 5.80. The third-order valence-electron chi connectivity index (χ3n) is 6.63. The van der Waals surface area contributed by atoms with Crippen LogP contribution < -0.4 is 0 Å². The van der Waals surface area contributed by atoms with Gasteiger partial charge >= 0.3 is 0 Å². The molecule has 0 atom stereocenters. The standard InChI is InChI=1S/C22H37N3O/c1-16(2)19-14-23-25(15-19)21-9-11-24(12-10-21)20-7-5-18(6-8-20)13-22(26)17(3)4/h14-18,20-21H,5-13H2,1-4H3/t18-,20-. The van der Waals surface area contributed by atoms with Gasteiger partial charge in [0, 0.05) is 37.7 Å². The highest BCUT2D eigenvalue weighted by Crippen LogP contribution is 2.33. The predicted molar refractivity (Wildman–Crippen MR) is 106 cm³/mol. The van der Waals surface area contributed by atoms with Gasteiger partial charge in [-0.05, 0) is 55.9 Å². The van der Waals surface area contributed by atoms with E-state index in [1.165, 1.54) is 57.2 Å². The van der Waals surface area contributed by atoms with Crippen LogP contribution in [0.2, 0.25) is 0 Å². The van der Waals surface area contributed by atoms with Crippen LogP contribution in [0.4, 0.5) is 0 Å². The Morgan fingerprint density at radius 3 is 2.23 bits per heavy atom. The molecule has 2 heterocycles. The van der Waals surface area contributed by atoms with Crippen molar-refractivity contribution in [2.45, 2.75) is 90.6 Å². The molecule has 1 aromatic heterocycles. The van der Waals surface area contributed by atoms with Crippen molar-refractivity contribution in [3.63, 3.8) is 0 Å². The van der Waals surface area contributed by atoms with Crippen LogP contribution in [0.25, 0.3) is 0 Å². The number of carbonyl (C=O) groups excluding carboxylic acids is 1. The van der Waals surface area contributed by atoms with Crippen LogP contribution in [0, 0.1) is 11.8 Å². The zero-order chi connectivity index (χ0) is 18.7. The van der Waals surface area contributed by atoms with Gasteiger partial charge in [-0.3, -0.25) is 9.48 Å². The van der Waals surface area contributed by atoms with Crippen molar-refractivity contribution < 1.29 is 4.79 Å². The first kappa shape index (κ1) is 19.6. The van der Waals surface area contributed by atoms with Gasteiger partial charge < -0.3 is 4.90 Å². The highest BCUT2D eigenvalue weighted by Gasteiger charge is 2.30. The van der Waals surface area contributed by atoms with Gasteiger partial charge in [-0.15, -0.1) is 0 Å². The Labute approximate surface area is 159 Å². The lowest BCUT2D eigenvalue weighted by Gasteiger charge is -2.40. The molecule has 146 valence electrons. The minimum absolute atomic E-state index is 0.199. The van der Waals surface area contributed by atoms with Crippen LogP contribution >= 0.6 is 0 Å². The molecule has 2 aliphatic rings. The first-order chi connectivity index (χ1) is 12.4. The Balaban J connectivity index is 1.43. The van der Waals surface area contributed by atoms with E-state index in [9.17, 15) is 4.79 Å². The van der Waals surface area contributed by atoms with Gasteiger partial charge in [0.15, 0.2) is 0 Å². The molecule has 0 aromatic carbocycles. The number of rotatable bonds is 6. The zero-order valence-electron chi connectivity index (χ0n) is 17.2. The third kappa shape index (κ3) is 4.76. The lowest BCUT2D eigenvalue weighted by Crippen LogP contribution is -2.43. The molecule has 1 aliphatic carbocycles. The zero-order valence-corrected chi connectivity index (χ0v) is 17.2. The Kier molecular flexibility index (Phi) is 6.55. The molecular formula is C22H37N3O. The van der Waals surface area contributed by atoms with E-state index in [0.29, 0.717) is 23.7 Å². The van der Waals surface area contributed by atoms with Crippen LogP contribution in [0.1, 0.15) is 90.2 Å². The highest BCUT2D eigenvalue weighted by atomic mass is 16.1. The average Bonchev–Trinajstić information content (AvgIpc) is 3.13. The van der Waals surface area contributed by atoms with Crippen LogP contribution in [0.15, 0.2) is 12.4 Å². The van der Waals surface area contributed by atoms with Crippen LogP contribution in [0.5, 0.6) is 0 Å². The lowest BCUT2D eigenvalue weighted by atomic mass is 9.81. The van der Waals surface area contributed by atoms with Crippen molar-refractivity contribution in [1.29, 1.82) is 0 Å². The van der Waals surface area contributed by atoms with E-state index >= 15 is 0 Å². The molecule has 26 heavy (non-hydrogen) atoms. The number of aromatic nitrogens is 2.